The first-order chi connectivity index (χ1) is 8.34. The molecule has 1 aromatic carbocycles. The molecule has 0 saturated heterocycles. The van der Waals surface area contributed by atoms with E-state index in [4.69, 9.17) is 0 Å². The van der Waals surface area contributed by atoms with E-state index in [0.717, 1.165) is 5.56 Å². The maximum absolute atomic E-state index is 11.8. The third-order valence-corrected chi connectivity index (χ3v) is 2.88. The van der Waals surface area contributed by atoms with Crippen molar-refractivity contribution in [3.63, 3.8) is 0 Å². The van der Waals surface area contributed by atoms with Gasteiger partial charge in [0, 0.05) is 0 Å². The molecule has 100 valence electrons. The molecule has 0 fully saturated rings. The summed E-state index contributed by atoms with van der Waals surface area (Å²) in [5.41, 5.74) is 2.36. The lowest BCUT2D eigenvalue weighted by molar-refractivity contribution is -0.121. The molecule has 0 bridgehead atoms. The molecule has 0 radical (unpaired) electrons. The number of carbonyl (C=O) groups excluding carboxylic acids is 1. The highest BCUT2D eigenvalue weighted by molar-refractivity contribution is 5.78. The predicted molar refractivity (Wildman–Crippen MR) is 75.4 cm³/mol. The van der Waals surface area contributed by atoms with Crippen LogP contribution in [0.5, 0.6) is 0 Å². The third kappa shape index (κ3) is 4.15. The summed E-state index contributed by atoms with van der Waals surface area (Å²) in [6.07, 6.45) is 0. The molecule has 18 heavy (non-hydrogen) atoms. The minimum absolute atomic E-state index is 0.0167. The zero-order chi connectivity index (χ0) is 13.8. The Bertz CT molecular complexity index is 407. The van der Waals surface area contributed by atoms with Gasteiger partial charge in [0.15, 0.2) is 0 Å². The van der Waals surface area contributed by atoms with Gasteiger partial charge < -0.3 is 10.6 Å². The standard InChI is InChI=1S/C15H24N2O/c1-11-7-6-8-12(9-11)14(15(2,3)4)17-13(18)10-16-5/h6-9,14,16H,10H2,1-5H3,(H,17,18). The van der Waals surface area contributed by atoms with Crippen molar-refractivity contribution in [1.82, 2.24) is 10.6 Å². The Morgan fingerprint density at radius 1 is 1.33 bits per heavy atom. The predicted octanol–water partition coefficient (Wildman–Crippen LogP) is 2.42. The van der Waals surface area contributed by atoms with Crippen molar-refractivity contribution in [3.8, 4) is 0 Å². The van der Waals surface area contributed by atoms with Crippen molar-refractivity contribution in [2.24, 2.45) is 5.41 Å². The number of likely N-dealkylation sites (N-methyl/N-ethyl adjacent to an activating group) is 1. The minimum atomic E-state index is -0.0167. The highest BCUT2D eigenvalue weighted by atomic mass is 16.1. The first-order valence-corrected chi connectivity index (χ1v) is 6.35. The normalized spacial score (nSPS) is 13.2. The SMILES string of the molecule is CNCC(=O)NC(c1cccc(C)c1)C(C)(C)C. The molecule has 1 aromatic rings. The molecule has 1 atom stereocenters. The number of hydrogen-bond donors (Lipinski definition) is 2. The summed E-state index contributed by atoms with van der Waals surface area (Å²) in [6.45, 7) is 8.83. The molecule has 3 heteroatoms. The van der Waals surface area contributed by atoms with Crippen LogP contribution in [0.25, 0.3) is 0 Å². The summed E-state index contributed by atoms with van der Waals surface area (Å²) >= 11 is 0. The maximum atomic E-state index is 11.8. The molecule has 0 saturated carbocycles. The van der Waals surface area contributed by atoms with Crippen LogP contribution in [0.1, 0.15) is 37.9 Å². The van der Waals surface area contributed by atoms with Gasteiger partial charge in [0.25, 0.3) is 0 Å². The Morgan fingerprint density at radius 3 is 2.50 bits per heavy atom. The molecule has 0 aromatic heterocycles. The van der Waals surface area contributed by atoms with E-state index in [1.54, 1.807) is 7.05 Å². The van der Waals surface area contributed by atoms with Gasteiger partial charge in [0.1, 0.15) is 0 Å². The number of rotatable bonds is 4. The molecule has 0 aliphatic carbocycles. The Kier molecular flexibility index (Phi) is 4.91. The fourth-order valence-corrected chi connectivity index (χ4v) is 2.02. The second-order valence-electron chi connectivity index (χ2n) is 5.81. The molecule has 0 spiro atoms. The molecule has 1 unspecified atom stereocenters. The molecule has 2 N–H and O–H groups in total. The average molecular weight is 248 g/mol. The van der Waals surface area contributed by atoms with E-state index in [2.05, 4.69) is 56.5 Å². The summed E-state index contributed by atoms with van der Waals surface area (Å²) in [5, 5.41) is 5.98. The van der Waals surface area contributed by atoms with Gasteiger partial charge >= 0.3 is 0 Å². The zero-order valence-corrected chi connectivity index (χ0v) is 12.0. The Balaban J connectivity index is 2.96. The van der Waals surface area contributed by atoms with Crippen LogP contribution in [-0.2, 0) is 4.79 Å². The Hall–Kier alpha value is -1.35. The van der Waals surface area contributed by atoms with Crippen LogP contribution in [-0.4, -0.2) is 19.5 Å². The van der Waals surface area contributed by atoms with Crippen molar-refractivity contribution in [1.29, 1.82) is 0 Å². The van der Waals surface area contributed by atoms with Crippen LogP contribution >= 0.6 is 0 Å². The lowest BCUT2D eigenvalue weighted by atomic mass is 9.82. The van der Waals surface area contributed by atoms with Gasteiger partial charge in [-0.15, -0.1) is 0 Å². The van der Waals surface area contributed by atoms with E-state index < -0.39 is 0 Å². The number of carbonyl (C=O) groups is 1. The Labute approximate surface area is 110 Å². The second-order valence-corrected chi connectivity index (χ2v) is 5.81. The van der Waals surface area contributed by atoms with Gasteiger partial charge in [0.2, 0.25) is 5.91 Å². The fraction of sp³-hybridized carbons (Fsp3) is 0.533. The monoisotopic (exact) mass is 248 g/mol. The van der Waals surface area contributed by atoms with Crippen molar-refractivity contribution < 1.29 is 4.79 Å². The van der Waals surface area contributed by atoms with E-state index in [1.165, 1.54) is 5.56 Å². The number of hydrogen-bond acceptors (Lipinski definition) is 2. The van der Waals surface area contributed by atoms with Gasteiger partial charge in [-0.2, -0.15) is 0 Å². The topological polar surface area (TPSA) is 41.1 Å². The number of benzene rings is 1. The highest BCUT2D eigenvalue weighted by Crippen LogP contribution is 2.32. The molecular formula is C15H24N2O. The fourth-order valence-electron chi connectivity index (χ4n) is 2.02. The average Bonchev–Trinajstić information content (AvgIpc) is 2.24. The zero-order valence-electron chi connectivity index (χ0n) is 12.0. The van der Waals surface area contributed by atoms with Gasteiger partial charge in [-0.1, -0.05) is 50.6 Å². The van der Waals surface area contributed by atoms with Crippen LogP contribution in [0.3, 0.4) is 0 Å². The third-order valence-electron chi connectivity index (χ3n) is 2.88. The molecule has 1 rings (SSSR count). The van der Waals surface area contributed by atoms with Crippen molar-refractivity contribution >= 4 is 5.91 Å². The van der Waals surface area contributed by atoms with Crippen LogP contribution < -0.4 is 10.6 Å². The van der Waals surface area contributed by atoms with E-state index in [9.17, 15) is 4.79 Å². The largest absolute Gasteiger partial charge is 0.348 e. The lowest BCUT2D eigenvalue weighted by Gasteiger charge is -2.32. The maximum Gasteiger partial charge on any atom is 0.234 e. The molecule has 1 amide bonds. The van der Waals surface area contributed by atoms with Gasteiger partial charge in [0.05, 0.1) is 12.6 Å². The number of aryl methyl sites for hydroxylation is 1. The molecule has 0 aliphatic heterocycles. The van der Waals surface area contributed by atoms with Crippen molar-refractivity contribution in [2.75, 3.05) is 13.6 Å². The van der Waals surface area contributed by atoms with Gasteiger partial charge in [-0.05, 0) is 24.9 Å². The first kappa shape index (κ1) is 14.7. The van der Waals surface area contributed by atoms with Crippen molar-refractivity contribution in [3.05, 3.63) is 35.4 Å². The van der Waals surface area contributed by atoms with Gasteiger partial charge in [-0.25, -0.2) is 0 Å². The summed E-state index contributed by atoms with van der Waals surface area (Å²) in [6, 6.07) is 8.34. The van der Waals surface area contributed by atoms with Crippen LogP contribution in [0, 0.1) is 12.3 Å². The quantitative estimate of drug-likeness (QED) is 0.859. The summed E-state index contributed by atoms with van der Waals surface area (Å²) in [5.74, 6) is 0.0268. The van der Waals surface area contributed by atoms with Crippen LogP contribution in [0.4, 0.5) is 0 Å². The van der Waals surface area contributed by atoms with E-state index in [0.29, 0.717) is 6.54 Å². The van der Waals surface area contributed by atoms with Crippen LogP contribution in [0.15, 0.2) is 24.3 Å². The summed E-state index contributed by atoms with van der Waals surface area (Å²) < 4.78 is 0. The molecular weight excluding hydrogens is 224 g/mol. The smallest absolute Gasteiger partial charge is 0.234 e. The van der Waals surface area contributed by atoms with E-state index >= 15 is 0 Å². The van der Waals surface area contributed by atoms with E-state index in [1.807, 2.05) is 6.07 Å². The van der Waals surface area contributed by atoms with Crippen LogP contribution in [0.2, 0.25) is 0 Å². The van der Waals surface area contributed by atoms with Crippen molar-refractivity contribution in [2.45, 2.75) is 33.7 Å². The van der Waals surface area contributed by atoms with E-state index in [-0.39, 0.29) is 17.4 Å². The lowest BCUT2D eigenvalue weighted by Crippen LogP contribution is -2.40. The number of amides is 1. The second kappa shape index (κ2) is 6.01. The molecule has 0 heterocycles. The van der Waals surface area contributed by atoms with Gasteiger partial charge in [-0.3, -0.25) is 4.79 Å². The minimum Gasteiger partial charge on any atom is -0.348 e. The highest BCUT2D eigenvalue weighted by Gasteiger charge is 2.27. The molecule has 3 nitrogen and oxygen atoms in total. The first-order valence-electron chi connectivity index (χ1n) is 6.35. The molecule has 0 aliphatic rings. The number of nitrogens with one attached hydrogen (secondary N) is 2. The summed E-state index contributed by atoms with van der Waals surface area (Å²) in [7, 11) is 1.78. The Morgan fingerprint density at radius 2 is 2.00 bits per heavy atom. The summed E-state index contributed by atoms with van der Waals surface area (Å²) in [4.78, 5) is 11.8.